The Morgan fingerprint density at radius 1 is 1.03 bits per heavy atom. The van der Waals surface area contributed by atoms with Crippen LogP contribution in [0.25, 0.3) is 0 Å². The summed E-state index contributed by atoms with van der Waals surface area (Å²) in [6.45, 7) is 8.70. The second kappa shape index (κ2) is 8.77. The van der Waals surface area contributed by atoms with Crippen LogP contribution in [0.5, 0.6) is 0 Å². The van der Waals surface area contributed by atoms with Gasteiger partial charge in [0.1, 0.15) is 0 Å². The maximum Gasteiger partial charge on any atom is 0.277 e. The third-order valence-corrected chi connectivity index (χ3v) is 7.23. The highest BCUT2D eigenvalue weighted by atomic mass is 35.5. The van der Waals surface area contributed by atoms with E-state index >= 15 is 0 Å². The molecule has 1 fully saturated rings. The zero-order valence-corrected chi connectivity index (χ0v) is 19.6. The highest BCUT2D eigenvalue weighted by Crippen LogP contribution is 2.65. The monoisotopic (exact) mass is 462 g/mol. The van der Waals surface area contributed by atoms with Gasteiger partial charge in [-0.2, -0.15) is 0 Å². The van der Waals surface area contributed by atoms with Gasteiger partial charge in [-0.3, -0.25) is 0 Å². The summed E-state index contributed by atoms with van der Waals surface area (Å²) in [5.41, 5.74) is 2.49. The molecule has 1 saturated carbocycles. The molecule has 9 heteroatoms. The average molecular weight is 463 g/mol. The second-order valence-electron chi connectivity index (χ2n) is 8.11. The van der Waals surface area contributed by atoms with Gasteiger partial charge in [0, 0.05) is 16.7 Å². The van der Waals surface area contributed by atoms with Crippen LogP contribution in [0.2, 0.25) is 5.02 Å². The zero-order valence-electron chi connectivity index (χ0n) is 17.3. The number of aromatic nitrogens is 4. The Morgan fingerprint density at radius 2 is 1.73 bits per heavy atom. The summed E-state index contributed by atoms with van der Waals surface area (Å²) in [5.74, 6) is 3.08. The van der Waals surface area contributed by atoms with Gasteiger partial charge >= 0.3 is 0 Å². The summed E-state index contributed by atoms with van der Waals surface area (Å²) < 4.78 is 11.6. The Bertz CT molecular complexity index is 1060. The van der Waals surface area contributed by atoms with Crippen LogP contribution in [-0.4, -0.2) is 20.4 Å². The van der Waals surface area contributed by atoms with Gasteiger partial charge < -0.3 is 8.83 Å². The molecule has 30 heavy (non-hydrogen) atoms. The number of allylic oxidation sites excluding steroid dienone is 2. The van der Waals surface area contributed by atoms with Crippen LogP contribution in [-0.2, 0) is 11.5 Å². The van der Waals surface area contributed by atoms with Crippen LogP contribution < -0.4 is 0 Å². The Kier molecular flexibility index (Phi) is 6.27. The van der Waals surface area contributed by atoms with E-state index in [0.29, 0.717) is 39.7 Å². The zero-order chi connectivity index (χ0) is 21.3. The number of rotatable bonds is 8. The molecule has 4 rings (SSSR count). The Balaban J connectivity index is 1.31. The number of nitrogens with zero attached hydrogens (tertiary/aromatic N) is 4. The number of hydrogen-bond acceptors (Lipinski definition) is 8. The molecule has 0 radical (unpaired) electrons. The van der Waals surface area contributed by atoms with Crippen molar-refractivity contribution < 1.29 is 8.83 Å². The van der Waals surface area contributed by atoms with Crippen molar-refractivity contribution >= 4 is 35.1 Å². The van der Waals surface area contributed by atoms with Gasteiger partial charge in [0.15, 0.2) is 0 Å². The van der Waals surface area contributed by atoms with Crippen LogP contribution >= 0.6 is 35.1 Å². The van der Waals surface area contributed by atoms with E-state index in [2.05, 4.69) is 54.2 Å². The quantitative estimate of drug-likeness (QED) is 0.281. The summed E-state index contributed by atoms with van der Waals surface area (Å²) in [5, 5.41) is 18.4. The molecule has 1 aliphatic rings. The standard InChI is InChI=1S/C21H23ClN4O2S2/c1-12(2)9-14-17(21(14,3)4)18-24-26-20(28-18)30-11-16-23-25-19(27-16)29-10-13-7-5-6-8-15(13)22/h5-9,14,17H,10-11H2,1-4H3/t14-,17+/m1/s1. The summed E-state index contributed by atoms with van der Waals surface area (Å²) in [4.78, 5) is 0. The average Bonchev–Trinajstić information content (AvgIpc) is 3.11. The smallest absolute Gasteiger partial charge is 0.277 e. The molecule has 0 aliphatic heterocycles. The first kappa shape index (κ1) is 21.5. The molecule has 1 aliphatic carbocycles. The molecule has 3 aromatic rings. The first-order valence-corrected chi connectivity index (χ1v) is 12.0. The summed E-state index contributed by atoms with van der Waals surface area (Å²) in [6.07, 6.45) is 2.29. The predicted octanol–water partition coefficient (Wildman–Crippen LogP) is 6.40. The van der Waals surface area contributed by atoms with Crippen molar-refractivity contribution in [3.05, 3.63) is 58.3 Å². The Labute approximate surface area is 189 Å². The lowest BCUT2D eigenvalue weighted by Crippen LogP contribution is -1.90. The van der Waals surface area contributed by atoms with Crippen molar-refractivity contribution in [3.8, 4) is 0 Å². The normalized spacial score (nSPS) is 19.6. The minimum Gasteiger partial charge on any atom is -0.416 e. The third-order valence-electron chi connectivity index (χ3n) is 5.19. The van der Waals surface area contributed by atoms with Crippen LogP contribution in [0.4, 0.5) is 0 Å². The van der Waals surface area contributed by atoms with Gasteiger partial charge in [-0.15, -0.1) is 20.4 Å². The fourth-order valence-electron chi connectivity index (χ4n) is 3.46. The highest BCUT2D eigenvalue weighted by molar-refractivity contribution is 7.98. The van der Waals surface area contributed by atoms with Gasteiger partial charge in [0.25, 0.3) is 10.4 Å². The molecule has 2 aromatic heterocycles. The largest absolute Gasteiger partial charge is 0.416 e. The highest BCUT2D eigenvalue weighted by Gasteiger charge is 2.60. The molecule has 2 atom stereocenters. The molecule has 0 unspecified atom stereocenters. The van der Waals surface area contributed by atoms with Crippen molar-refractivity contribution in [1.29, 1.82) is 0 Å². The van der Waals surface area contributed by atoms with E-state index in [1.54, 1.807) is 0 Å². The molecule has 1 aromatic carbocycles. The number of hydrogen-bond donors (Lipinski definition) is 0. The lowest BCUT2D eigenvalue weighted by atomic mass is 10.1. The predicted molar refractivity (Wildman–Crippen MR) is 119 cm³/mol. The van der Waals surface area contributed by atoms with E-state index in [1.807, 2.05) is 24.3 Å². The number of thioether (sulfide) groups is 2. The third kappa shape index (κ3) is 4.76. The van der Waals surface area contributed by atoms with Crippen molar-refractivity contribution in [1.82, 2.24) is 20.4 Å². The maximum atomic E-state index is 6.18. The minimum absolute atomic E-state index is 0.145. The van der Waals surface area contributed by atoms with Crippen LogP contribution in [0.1, 0.15) is 51.0 Å². The van der Waals surface area contributed by atoms with Crippen LogP contribution in [0.3, 0.4) is 0 Å². The van der Waals surface area contributed by atoms with Crippen molar-refractivity contribution in [3.63, 3.8) is 0 Å². The van der Waals surface area contributed by atoms with E-state index in [0.717, 1.165) is 10.6 Å². The van der Waals surface area contributed by atoms with Gasteiger partial charge in [-0.05, 0) is 36.8 Å². The topological polar surface area (TPSA) is 77.8 Å². The van der Waals surface area contributed by atoms with Gasteiger partial charge in [0.05, 0.1) is 5.75 Å². The maximum absolute atomic E-state index is 6.18. The minimum atomic E-state index is 0.145. The fourth-order valence-corrected chi connectivity index (χ4v) is 5.13. The molecule has 0 spiro atoms. The first-order chi connectivity index (χ1) is 14.3. The molecule has 0 N–H and O–H groups in total. The molecule has 0 amide bonds. The fraction of sp³-hybridized carbons (Fsp3) is 0.429. The number of benzene rings is 1. The first-order valence-electron chi connectivity index (χ1n) is 9.64. The second-order valence-corrected chi connectivity index (χ2v) is 10.4. The lowest BCUT2D eigenvalue weighted by Gasteiger charge is -2.00. The summed E-state index contributed by atoms with van der Waals surface area (Å²) in [7, 11) is 0. The molecule has 2 heterocycles. The summed E-state index contributed by atoms with van der Waals surface area (Å²) >= 11 is 9.05. The summed E-state index contributed by atoms with van der Waals surface area (Å²) in [6, 6.07) is 7.73. The SMILES string of the molecule is CC(C)=C[C@@H]1[C@@H](c2nnc(SCc3nnc(SCc4ccccc4Cl)o3)o2)C1(C)C. The molecular formula is C21H23ClN4O2S2. The molecular weight excluding hydrogens is 440 g/mol. The molecule has 0 saturated heterocycles. The van der Waals surface area contributed by atoms with E-state index < -0.39 is 0 Å². The van der Waals surface area contributed by atoms with Gasteiger partial charge in [-0.25, -0.2) is 0 Å². The van der Waals surface area contributed by atoms with Gasteiger partial charge in [0.2, 0.25) is 11.8 Å². The number of halogens is 1. The van der Waals surface area contributed by atoms with E-state index in [9.17, 15) is 0 Å². The van der Waals surface area contributed by atoms with E-state index in [-0.39, 0.29) is 11.3 Å². The lowest BCUT2D eigenvalue weighted by molar-refractivity contribution is 0.398. The molecule has 158 valence electrons. The van der Waals surface area contributed by atoms with E-state index in [1.165, 1.54) is 29.1 Å². The van der Waals surface area contributed by atoms with Crippen molar-refractivity contribution in [2.24, 2.45) is 11.3 Å². The van der Waals surface area contributed by atoms with Crippen LogP contribution in [0.15, 0.2) is 55.2 Å². The molecule has 6 nitrogen and oxygen atoms in total. The Hall–Kier alpha value is -1.77. The van der Waals surface area contributed by atoms with Crippen molar-refractivity contribution in [2.75, 3.05) is 0 Å². The van der Waals surface area contributed by atoms with Gasteiger partial charge in [-0.1, -0.05) is 78.8 Å². The van der Waals surface area contributed by atoms with E-state index in [4.69, 9.17) is 20.4 Å². The van der Waals surface area contributed by atoms with Crippen molar-refractivity contribution in [2.45, 2.75) is 55.6 Å². The molecule has 0 bridgehead atoms. The Morgan fingerprint density at radius 3 is 2.50 bits per heavy atom. The van der Waals surface area contributed by atoms with Crippen LogP contribution in [0, 0.1) is 11.3 Å².